The maximum atomic E-state index is 12.7. The molecule has 0 aliphatic carbocycles. The van der Waals surface area contributed by atoms with Crippen LogP contribution in [0.2, 0.25) is 0 Å². The Morgan fingerprint density at radius 3 is 2.58 bits per heavy atom. The number of carbonyl (C=O) groups excluding carboxylic acids is 1. The van der Waals surface area contributed by atoms with Crippen molar-refractivity contribution in [2.45, 2.75) is 32.7 Å². The fraction of sp³-hybridized carbons (Fsp3) is 0.346. The summed E-state index contributed by atoms with van der Waals surface area (Å²) >= 11 is 0. The molecule has 1 aliphatic heterocycles. The van der Waals surface area contributed by atoms with Gasteiger partial charge >= 0.3 is 0 Å². The van der Waals surface area contributed by atoms with Gasteiger partial charge in [-0.3, -0.25) is 4.79 Å². The van der Waals surface area contributed by atoms with Crippen molar-refractivity contribution in [3.05, 3.63) is 72.1 Å². The molecule has 172 valence electrons. The van der Waals surface area contributed by atoms with Gasteiger partial charge in [0.2, 0.25) is 11.8 Å². The summed E-state index contributed by atoms with van der Waals surface area (Å²) in [5, 5.41) is 3.06. The Morgan fingerprint density at radius 1 is 1.09 bits per heavy atom. The fourth-order valence-corrected chi connectivity index (χ4v) is 4.02. The highest BCUT2D eigenvalue weighted by atomic mass is 16.5. The SMILES string of the molecule is CCc1ccc(Oc2cc(N3CCC(C(=O)NCc4ccccc4OC)CC3)ncn2)cc1. The van der Waals surface area contributed by atoms with Crippen molar-refractivity contribution >= 4 is 11.7 Å². The van der Waals surface area contributed by atoms with E-state index in [1.54, 1.807) is 7.11 Å². The van der Waals surface area contributed by atoms with Crippen molar-refractivity contribution in [1.29, 1.82) is 0 Å². The monoisotopic (exact) mass is 446 g/mol. The molecule has 7 nitrogen and oxygen atoms in total. The third-order valence-corrected chi connectivity index (χ3v) is 6.02. The molecule has 1 amide bonds. The predicted molar refractivity (Wildman–Crippen MR) is 128 cm³/mol. The van der Waals surface area contributed by atoms with Gasteiger partial charge in [0, 0.05) is 37.2 Å². The number of rotatable bonds is 8. The standard InChI is InChI=1S/C26H30N4O3/c1-3-19-8-10-22(11-9-19)33-25-16-24(28-18-29-25)30-14-12-20(13-15-30)26(31)27-17-21-6-4-5-7-23(21)32-2/h4-11,16,18,20H,3,12-15,17H2,1-2H3,(H,27,31). The molecule has 0 bridgehead atoms. The van der Waals surface area contributed by atoms with Gasteiger partial charge in [0.25, 0.3) is 0 Å². The summed E-state index contributed by atoms with van der Waals surface area (Å²) in [5.74, 6) is 2.95. The van der Waals surface area contributed by atoms with E-state index >= 15 is 0 Å². The van der Waals surface area contributed by atoms with Crippen LogP contribution in [0.5, 0.6) is 17.4 Å². The van der Waals surface area contributed by atoms with E-state index in [1.165, 1.54) is 11.9 Å². The zero-order valence-electron chi connectivity index (χ0n) is 19.2. The van der Waals surface area contributed by atoms with E-state index in [1.807, 2.05) is 42.5 Å². The molecule has 1 aromatic heterocycles. The van der Waals surface area contributed by atoms with E-state index < -0.39 is 0 Å². The highest BCUT2D eigenvalue weighted by molar-refractivity contribution is 5.79. The Kier molecular flexibility index (Phi) is 7.40. The number of aromatic nitrogens is 2. The summed E-state index contributed by atoms with van der Waals surface area (Å²) in [6, 6.07) is 17.6. The van der Waals surface area contributed by atoms with Crippen LogP contribution in [0.15, 0.2) is 60.9 Å². The van der Waals surface area contributed by atoms with Crippen LogP contribution in [0.25, 0.3) is 0 Å². The topological polar surface area (TPSA) is 76.6 Å². The van der Waals surface area contributed by atoms with Crippen molar-refractivity contribution in [3.8, 4) is 17.4 Å². The molecule has 2 aromatic carbocycles. The molecule has 4 rings (SSSR count). The van der Waals surface area contributed by atoms with Gasteiger partial charge < -0.3 is 19.7 Å². The first-order valence-electron chi connectivity index (χ1n) is 11.4. The fourth-order valence-electron chi connectivity index (χ4n) is 4.02. The van der Waals surface area contributed by atoms with Gasteiger partial charge in [-0.05, 0) is 43.0 Å². The quantitative estimate of drug-likeness (QED) is 0.554. The van der Waals surface area contributed by atoms with Crippen molar-refractivity contribution in [1.82, 2.24) is 15.3 Å². The number of hydrogen-bond acceptors (Lipinski definition) is 6. The van der Waals surface area contributed by atoms with E-state index in [2.05, 4.69) is 39.2 Å². The molecule has 0 spiro atoms. The number of hydrogen-bond donors (Lipinski definition) is 1. The Bertz CT molecular complexity index is 1060. The van der Waals surface area contributed by atoms with Crippen LogP contribution in [-0.2, 0) is 17.8 Å². The second-order valence-electron chi connectivity index (χ2n) is 8.10. The minimum atomic E-state index is -0.00871. The van der Waals surface area contributed by atoms with Crippen LogP contribution in [0.1, 0.15) is 30.9 Å². The lowest BCUT2D eigenvalue weighted by Gasteiger charge is -2.32. The maximum Gasteiger partial charge on any atom is 0.224 e. The molecule has 0 atom stereocenters. The van der Waals surface area contributed by atoms with E-state index in [-0.39, 0.29) is 11.8 Å². The summed E-state index contributed by atoms with van der Waals surface area (Å²) in [6.07, 6.45) is 4.07. The van der Waals surface area contributed by atoms with Crippen LogP contribution in [0, 0.1) is 5.92 Å². The van der Waals surface area contributed by atoms with Gasteiger partial charge in [-0.15, -0.1) is 0 Å². The number of nitrogens with one attached hydrogen (secondary N) is 1. The van der Waals surface area contributed by atoms with Gasteiger partial charge in [-0.2, -0.15) is 0 Å². The van der Waals surface area contributed by atoms with E-state index in [4.69, 9.17) is 9.47 Å². The van der Waals surface area contributed by atoms with E-state index in [0.717, 1.165) is 55.2 Å². The van der Waals surface area contributed by atoms with Crippen LogP contribution in [-0.4, -0.2) is 36.1 Å². The predicted octanol–water partition coefficient (Wildman–Crippen LogP) is 4.37. The second kappa shape index (κ2) is 10.8. The van der Waals surface area contributed by atoms with Gasteiger partial charge in [0.15, 0.2) is 0 Å². The maximum absolute atomic E-state index is 12.7. The van der Waals surface area contributed by atoms with Crippen LogP contribution < -0.4 is 19.7 Å². The lowest BCUT2D eigenvalue weighted by molar-refractivity contribution is -0.125. The first-order chi connectivity index (χ1) is 16.2. The average molecular weight is 447 g/mol. The van der Waals surface area contributed by atoms with E-state index in [9.17, 15) is 4.79 Å². The number of ether oxygens (including phenoxy) is 2. The number of nitrogens with zero attached hydrogens (tertiary/aromatic N) is 3. The summed E-state index contributed by atoms with van der Waals surface area (Å²) in [6.45, 7) is 4.11. The zero-order valence-corrected chi connectivity index (χ0v) is 19.2. The van der Waals surface area contributed by atoms with Crippen LogP contribution in [0.4, 0.5) is 5.82 Å². The molecule has 0 saturated carbocycles. The first kappa shape index (κ1) is 22.6. The second-order valence-corrected chi connectivity index (χ2v) is 8.10. The number of anilines is 1. The summed E-state index contributed by atoms with van der Waals surface area (Å²) < 4.78 is 11.3. The average Bonchev–Trinajstić information content (AvgIpc) is 2.88. The minimum Gasteiger partial charge on any atom is -0.496 e. The minimum absolute atomic E-state index is 0.00871. The first-order valence-corrected chi connectivity index (χ1v) is 11.4. The Labute approximate surface area is 194 Å². The number of para-hydroxylation sites is 1. The van der Waals surface area contributed by atoms with Crippen molar-refractivity contribution in [3.63, 3.8) is 0 Å². The molecule has 7 heteroatoms. The number of benzene rings is 2. The van der Waals surface area contributed by atoms with Gasteiger partial charge in [-0.25, -0.2) is 9.97 Å². The molecule has 33 heavy (non-hydrogen) atoms. The number of piperidine rings is 1. The Balaban J connectivity index is 1.30. The largest absolute Gasteiger partial charge is 0.496 e. The third-order valence-electron chi connectivity index (χ3n) is 6.02. The molecule has 1 fully saturated rings. The zero-order chi connectivity index (χ0) is 23.0. The summed E-state index contributed by atoms with van der Waals surface area (Å²) in [5.41, 5.74) is 2.24. The molecular formula is C26H30N4O3. The Morgan fingerprint density at radius 2 is 1.85 bits per heavy atom. The smallest absolute Gasteiger partial charge is 0.224 e. The number of methoxy groups -OCH3 is 1. The normalized spacial score (nSPS) is 14.1. The van der Waals surface area contributed by atoms with Gasteiger partial charge in [-0.1, -0.05) is 37.3 Å². The molecule has 1 aliphatic rings. The third kappa shape index (κ3) is 5.80. The summed E-state index contributed by atoms with van der Waals surface area (Å²) in [7, 11) is 1.64. The van der Waals surface area contributed by atoms with Crippen molar-refractivity contribution < 1.29 is 14.3 Å². The molecule has 0 radical (unpaired) electrons. The van der Waals surface area contributed by atoms with Crippen molar-refractivity contribution in [2.75, 3.05) is 25.1 Å². The summed E-state index contributed by atoms with van der Waals surface area (Å²) in [4.78, 5) is 23.5. The Hall–Kier alpha value is -3.61. The highest BCUT2D eigenvalue weighted by Crippen LogP contribution is 2.26. The number of aryl methyl sites for hydroxylation is 1. The highest BCUT2D eigenvalue weighted by Gasteiger charge is 2.26. The molecule has 0 unspecified atom stereocenters. The molecule has 1 N–H and O–H groups in total. The molecule has 1 saturated heterocycles. The molecular weight excluding hydrogens is 416 g/mol. The van der Waals surface area contributed by atoms with E-state index in [0.29, 0.717) is 12.4 Å². The van der Waals surface area contributed by atoms with Gasteiger partial charge in [0.05, 0.1) is 7.11 Å². The van der Waals surface area contributed by atoms with Crippen LogP contribution >= 0.6 is 0 Å². The van der Waals surface area contributed by atoms with Crippen LogP contribution in [0.3, 0.4) is 0 Å². The number of amides is 1. The lowest BCUT2D eigenvalue weighted by atomic mass is 9.96. The van der Waals surface area contributed by atoms with Gasteiger partial charge in [0.1, 0.15) is 23.6 Å². The number of carbonyl (C=O) groups is 1. The molecule has 3 aromatic rings. The van der Waals surface area contributed by atoms with Crippen molar-refractivity contribution in [2.24, 2.45) is 5.92 Å². The lowest BCUT2D eigenvalue weighted by Crippen LogP contribution is -2.40. The molecule has 2 heterocycles.